The van der Waals surface area contributed by atoms with E-state index in [2.05, 4.69) is 13.2 Å². The number of carbonyl (C=O) groups is 3. The number of likely N-dealkylation sites (tertiary alicyclic amines) is 1. The Hall–Kier alpha value is -2.97. The molecule has 3 fully saturated rings. The fourth-order valence-electron chi connectivity index (χ4n) is 7.50. The molecule has 1 aromatic rings. The first-order valence-electron chi connectivity index (χ1n) is 14.5. The highest BCUT2D eigenvalue weighted by molar-refractivity contribution is 6.05. The van der Waals surface area contributed by atoms with Gasteiger partial charge in [-0.15, -0.1) is 6.58 Å². The van der Waals surface area contributed by atoms with Crippen molar-refractivity contribution in [1.82, 2.24) is 4.90 Å². The third-order valence-electron chi connectivity index (χ3n) is 9.58. The Morgan fingerprint density at radius 1 is 1.23 bits per heavy atom. The molecule has 0 aliphatic carbocycles. The van der Waals surface area contributed by atoms with Crippen molar-refractivity contribution in [3.63, 3.8) is 0 Å². The Morgan fingerprint density at radius 2 is 1.90 bits per heavy atom. The van der Waals surface area contributed by atoms with Gasteiger partial charge < -0.3 is 24.4 Å². The van der Waals surface area contributed by atoms with Crippen LogP contribution in [-0.2, 0) is 23.9 Å². The van der Waals surface area contributed by atoms with Crippen LogP contribution in [0.4, 0.5) is 5.69 Å². The number of carbonyl (C=O) groups excluding carboxylic acids is 3. The van der Waals surface area contributed by atoms with Gasteiger partial charge in [-0.25, -0.2) is 0 Å². The molecule has 3 heterocycles. The van der Waals surface area contributed by atoms with E-state index in [1.807, 2.05) is 52.8 Å². The van der Waals surface area contributed by atoms with Gasteiger partial charge in [-0.1, -0.05) is 64.1 Å². The van der Waals surface area contributed by atoms with E-state index in [9.17, 15) is 19.5 Å². The first kappa shape index (κ1) is 30.0. The van der Waals surface area contributed by atoms with E-state index in [4.69, 9.17) is 9.47 Å². The van der Waals surface area contributed by atoms with Crippen LogP contribution >= 0.6 is 0 Å². The zero-order chi connectivity index (χ0) is 29.4. The molecule has 0 aromatic heterocycles. The summed E-state index contributed by atoms with van der Waals surface area (Å²) in [5, 5.41) is 10.6. The third-order valence-corrected chi connectivity index (χ3v) is 9.58. The Labute approximate surface area is 238 Å². The van der Waals surface area contributed by atoms with Crippen molar-refractivity contribution in [3.05, 3.63) is 54.6 Å². The molecule has 3 saturated heterocycles. The van der Waals surface area contributed by atoms with Gasteiger partial charge in [-0.3, -0.25) is 14.4 Å². The number of hydrogen-bond donors (Lipinski definition) is 1. The molecule has 8 heteroatoms. The van der Waals surface area contributed by atoms with Crippen LogP contribution in [0, 0.1) is 31.6 Å². The second kappa shape index (κ2) is 11.5. The maximum absolute atomic E-state index is 14.9. The fraction of sp³-hybridized carbons (Fsp3) is 0.594. The Bertz CT molecular complexity index is 1160. The van der Waals surface area contributed by atoms with E-state index in [0.29, 0.717) is 25.7 Å². The lowest BCUT2D eigenvalue weighted by molar-refractivity contribution is -0.161. The number of aliphatic hydroxyl groups is 1. The number of rotatable bonds is 12. The minimum absolute atomic E-state index is 0.0287. The second-order valence-corrected chi connectivity index (χ2v) is 11.6. The summed E-state index contributed by atoms with van der Waals surface area (Å²) in [7, 11) is 0. The molecule has 0 radical (unpaired) electrons. The summed E-state index contributed by atoms with van der Waals surface area (Å²) < 4.78 is 12.4. The number of fused-ring (bicyclic) bond motifs is 1. The minimum Gasteiger partial charge on any atom is -0.461 e. The molecule has 0 saturated carbocycles. The zero-order valence-electron chi connectivity index (χ0n) is 24.5. The third kappa shape index (κ3) is 4.40. The molecular weight excluding hydrogens is 508 g/mol. The molecule has 1 N–H and O–H groups in total. The molecule has 4 rings (SSSR count). The molecule has 2 bridgehead atoms. The number of ether oxygens (including phenoxy) is 2. The van der Waals surface area contributed by atoms with Crippen LogP contribution in [0.25, 0.3) is 0 Å². The zero-order valence-corrected chi connectivity index (χ0v) is 24.5. The maximum Gasteiger partial charge on any atom is 0.313 e. The second-order valence-electron chi connectivity index (χ2n) is 11.6. The van der Waals surface area contributed by atoms with E-state index in [0.717, 1.165) is 16.8 Å². The lowest BCUT2D eigenvalue weighted by Gasteiger charge is -2.41. The summed E-state index contributed by atoms with van der Waals surface area (Å²) >= 11 is 0. The van der Waals surface area contributed by atoms with Gasteiger partial charge in [0.15, 0.2) is 0 Å². The van der Waals surface area contributed by atoms with Crippen molar-refractivity contribution < 1.29 is 29.0 Å². The lowest BCUT2D eigenvalue weighted by atomic mass is 9.65. The van der Waals surface area contributed by atoms with E-state index < -0.39 is 41.1 Å². The Morgan fingerprint density at radius 3 is 2.45 bits per heavy atom. The predicted octanol–water partition coefficient (Wildman–Crippen LogP) is 4.11. The maximum atomic E-state index is 14.9. The van der Waals surface area contributed by atoms with Crippen LogP contribution in [0.5, 0.6) is 0 Å². The van der Waals surface area contributed by atoms with Gasteiger partial charge in [-0.05, 0) is 50.2 Å². The molecule has 3 aliphatic heterocycles. The number of anilines is 1. The average molecular weight is 553 g/mol. The van der Waals surface area contributed by atoms with Crippen LogP contribution in [0.3, 0.4) is 0 Å². The number of hydrogen-bond acceptors (Lipinski definition) is 6. The summed E-state index contributed by atoms with van der Waals surface area (Å²) in [5.41, 5.74) is 0.514. The number of aliphatic hydroxyl groups excluding tert-OH is 1. The smallest absolute Gasteiger partial charge is 0.313 e. The number of para-hydroxylation sites is 1. The summed E-state index contributed by atoms with van der Waals surface area (Å²) in [5.74, 6) is -2.93. The largest absolute Gasteiger partial charge is 0.461 e. The van der Waals surface area contributed by atoms with Gasteiger partial charge >= 0.3 is 5.97 Å². The van der Waals surface area contributed by atoms with Crippen molar-refractivity contribution in [2.75, 3.05) is 24.7 Å². The lowest BCUT2D eigenvalue weighted by Crippen LogP contribution is -2.60. The molecular formula is C32H44N2O6. The number of nitrogens with zero attached hydrogens (tertiary/aromatic N) is 2. The van der Waals surface area contributed by atoms with Gasteiger partial charge in [0.05, 0.1) is 24.2 Å². The molecule has 218 valence electrons. The summed E-state index contributed by atoms with van der Waals surface area (Å²) in [6.45, 7) is 17.3. The molecule has 8 nitrogen and oxygen atoms in total. The quantitative estimate of drug-likeness (QED) is 0.310. The van der Waals surface area contributed by atoms with E-state index in [-0.39, 0.29) is 37.5 Å². The molecule has 2 unspecified atom stereocenters. The molecule has 1 aromatic carbocycles. The summed E-state index contributed by atoms with van der Waals surface area (Å²) in [6, 6.07) is 4.23. The van der Waals surface area contributed by atoms with E-state index >= 15 is 0 Å². The molecule has 3 aliphatic rings. The van der Waals surface area contributed by atoms with Crippen LogP contribution in [0.1, 0.15) is 57.6 Å². The molecule has 1 spiro atoms. The van der Waals surface area contributed by atoms with Gasteiger partial charge in [-0.2, -0.15) is 0 Å². The molecule has 7 atom stereocenters. The average Bonchev–Trinajstić information content (AvgIpc) is 3.55. The standard InChI is InChI=1S/C32H44N2O6/c1-8-17-33(26-21(6)13-12-14-22(26)7)29(37)27-32-16-15-31(11-4,40-32)25(30(38)39-18-9-2)24(32)28(36)34(27)23(19-35)20(5)10-3/h8-9,12-14,20,23-25,27,35H,1-2,10-11,15-19H2,3-7H3/t20-,23-,24-,25+,27?,31-,32?/m0/s1. The normalized spacial score (nSPS) is 30.1. The van der Waals surface area contributed by atoms with Gasteiger partial charge in [0, 0.05) is 12.2 Å². The summed E-state index contributed by atoms with van der Waals surface area (Å²) in [4.78, 5) is 46.2. The first-order chi connectivity index (χ1) is 19.1. The number of aryl methyl sites for hydroxylation is 2. The predicted molar refractivity (Wildman–Crippen MR) is 154 cm³/mol. The Kier molecular flexibility index (Phi) is 8.62. The van der Waals surface area contributed by atoms with Crippen molar-refractivity contribution in [3.8, 4) is 0 Å². The van der Waals surface area contributed by atoms with E-state index in [1.165, 1.54) is 6.08 Å². The summed E-state index contributed by atoms with van der Waals surface area (Å²) in [6.07, 6.45) is 5.38. The minimum atomic E-state index is -1.21. The SMILES string of the molecule is C=CCOC(=O)[C@H]1[C@H]2C(=O)N([C@@H](CO)[C@@H](C)CC)C(C(=O)N(CC=C)c3c(C)cccc3C)C23CC[C@]1(CC)O3. The van der Waals surface area contributed by atoms with Gasteiger partial charge in [0.1, 0.15) is 24.2 Å². The highest BCUT2D eigenvalue weighted by Crippen LogP contribution is 2.65. The highest BCUT2D eigenvalue weighted by atomic mass is 16.6. The number of amides is 2. The topological polar surface area (TPSA) is 96.4 Å². The molecule has 2 amide bonds. The van der Waals surface area contributed by atoms with E-state index in [1.54, 1.807) is 15.9 Å². The number of esters is 1. The monoisotopic (exact) mass is 552 g/mol. The highest BCUT2D eigenvalue weighted by Gasteiger charge is 2.79. The van der Waals surface area contributed by atoms with Crippen LogP contribution in [0.2, 0.25) is 0 Å². The van der Waals surface area contributed by atoms with Crippen molar-refractivity contribution in [2.45, 2.75) is 83.6 Å². The van der Waals surface area contributed by atoms with Crippen molar-refractivity contribution in [2.24, 2.45) is 17.8 Å². The van der Waals surface area contributed by atoms with Crippen molar-refractivity contribution >= 4 is 23.5 Å². The van der Waals surface area contributed by atoms with Crippen molar-refractivity contribution in [1.29, 1.82) is 0 Å². The Balaban J connectivity index is 1.91. The molecule has 40 heavy (non-hydrogen) atoms. The number of benzene rings is 1. The first-order valence-corrected chi connectivity index (χ1v) is 14.5. The van der Waals surface area contributed by atoms with Crippen LogP contribution in [-0.4, -0.2) is 70.8 Å². The van der Waals surface area contributed by atoms with Gasteiger partial charge in [0.2, 0.25) is 5.91 Å². The van der Waals surface area contributed by atoms with Crippen LogP contribution in [0.15, 0.2) is 43.5 Å². The van der Waals surface area contributed by atoms with Crippen LogP contribution < -0.4 is 4.90 Å². The van der Waals surface area contributed by atoms with Gasteiger partial charge in [0.25, 0.3) is 5.91 Å². The fourth-order valence-corrected chi connectivity index (χ4v) is 7.50.